The van der Waals surface area contributed by atoms with Gasteiger partial charge in [0.1, 0.15) is 18.8 Å². The molecule has 0 aromatic heterocycles. The molecular formula is C8H10N2O3. The number of amides is 1. The largest absolute Gasteiger partial charge is 0.444 e. The van der Waals surface area contributed by atoms with Crippen molar-refractivity contribution in [2.24, 2.45) is 11.1 Å². The lowest BCUT2D eigenvalue weighted by molar-refractivity contribution is 0.129. The minimum absolute atomic E-state index is 0.0278. The fourth-order valence-electron chi connectivity index (χ4n) is 2.29. The molecule has 0 aliphatic carbocycles. The normalized spacial score (nSPS) is 41.0. The molecule has 5 heteroatoms. The number of cyclic esters (lactones) is 1. The van der Waals surface area contributed by atoms with Crippen LogP contribution in [0, 0.1) is 5.92 Å². The van der Waals surface area contributed by atoms with Crippen LogP contribution in [-0.4, -0.2) is 42.0 Å². The highest BCUT2D eigenvalue weighted by molar-refractivity contribution is 5.99. The minimum atomic E-state index is -0.213. The third-order valence-electron chi connectivity index (χ3n) is 2.89. The van der Waals surface area contributed by atoms with Gasteiger partial charge in [-0.15, -0.1) is 0 Å². The second-order valence-corrected chi connectivity index (χ2v) is 3.69. The lowest BCUT2D eigenvalue weighted by Crippen LogP contribution is -2.33. The lowest BCUT2D eigenvalue weighted by Gasteiger charge is -2.12. The highest BCUT2D eigenvalue weighted by atomic mass is 16.6. The van der Waals surface area contributed by atoms with E-state index in [0.717, 1.165) is 5.71 Å². The number of ether oxygens (including phenoxy) is 1. The Morgan fingerprint density at radius 3 is 3.31 bits per heavy atom. The molecule has 70 valence electrons. The first-order valence-corrected chi connectivity index (χ1v) is 4.44. The smallest absolute Gasteiger partial charge is 0.410 e. The second-order valence-electron chi connectivity index (χ2n) is 3.69. The van der Waals surface area contributed by atoms with Gasteiger partial charge in [0.2, 0.25) is 0 Å². The summed E-state index contributed by atoms with van der Waals surface area (Å²) in [7, 11) is 0. The monoisotopic (exact) mass is 182 g/mol. The van der Waals surface area contributed by atoms with Crippen molar-refractivity contribution in [3.8, 4) is 0 Å². The zero-order valence-electron chi connectivity index (χ0n) is 7.27. The molecule has 1 amide bonds. The molecule has 0 spiro atoms. The standard InChI is InChI=1S/C8H10N2O3/c1-4-7-6-5(3-12-9-6)2-10(7)8(11)13-4/h4-5,7H,2-3H2,1H3/t4-,5-,7+/m1/s1. The molecule has 0 aromatic rings. The molecule has 0 saturated carbocycles. The Morgan fingerprint density at radius 2 is 2.46 bits per heavy atom. The first-order chi connectivity index (χ1) is 6.27. The Morgan fingerprint density at radius 1 is 1.62 bits per heavy atom. The van der Waals surface area contributed by atoms with Gasteiger partial charge in [0.25, 0.3) is 0 Å². The lowest BCUT2D eigenvalue weighted by atomic mass is 10.0. The third-order valence-corrected chi connectivity index (χ3v) is 2.89. The summed E-state index contributed by atoms with van der Waals surface area (Å²) in [6.45, 7) is 3.21. The topological polar surface area (TPSA) is 51.1 Å². The number of fused-ring (bicyclic) bond motifs is 3. The van der Waals surface area contributed by atoms with E-state index in [4.69, 9.17) is 9.57 Å². The van der Waals surface area contributed by atoms with Gasteiger partial charge in [-0.25, -0.2) is 4.79 Å². The van der Waals surface area contributed by atoms with Gasteiger partial charge < -0.3 is 9.57 Å². The number of nitrogens with zero attached hydrogens (tertiary/aromatic N) is 2. The van der Waals surface area contributed by atoms with Crippen molar-refractivity contribution in [3.05, 3.63) is 0 Å². The van der Waals surface area contributed by atoms with Crippen LogP contribution in [0.4, 0.5) is 4.79 Å². The average molecular weight is 182 g/mol. The minimum Gasteiger partial charge on any atom is -0.444 e. The van der Waals surface area contributed by atoms with Crippen LogP contribution in [0.15, 0.2) is 5.16 Å². The van der Waals surface area contributed by atoms with Gasteiger partial charge >= 0.3 is 6.09 Å². The van der Waals surface area contributed by atoms with Gasteiger partial charge in [0.05, 0.1) is 11.6 Å². The van der Waals surface area contributed by atoms with Crippen LogP contribution < -0.4 is 0 Å². The van der Waals surface area contributed by atoms with Crippen LogP contribution in [-0.2, 0) is 9.57 Å². The molecule has 5 nitrogen and oxygen atoms in total. The van der Waals surface area contributed by atoms with Crippen molar-refractivity contribution in [1.29, 1.82) is 0 Å². The van der Waals surface area contributed by atoms with Gasteiger partial charge in [-0.05, 0) is 6.92 Å². The van der Waals surface area contributed by atoms with Gasteiger partial charge in [-0.3, -0.25) is 4.90 Å². The maximum Gasteiger partial charge on any atom is 0.410 e. The van der Waals surface area contributed by atoms with Crippen molar-refractivity contribution >= 4 is 11.8 Å². The molecule has 0 N–H and O–H groups in total. The molecule has 3 rings (SSSR count). The molecule has 3 heterocycles. The first-order valence-electron chi connectivity index (χ1n) is 4.44. The summed E-state index contributed by atoms with van der Waals surface area (Å²) in [5.74, 6) is 0.306. The van der Waals surface area contributed by atoms with Crippen molar-refractivity contribution in [2.45, 2.75) is 19.1 Å². The van der Waals surface area contributed by atoms with E-state index in [1.165, 1.54) is 0 Å². The van der Waals surface area contributed by atoms with Gasteiger partial charge in [0.15, 0.2) is 0 Å². The van der Waals surface area contributed by atoms with Gasteiger partial charge in [0, 0.05) is 6.54 Å². The summed E-state index contributed by atoms with van der Waals surface area (Å²) in [6.07, 6.45) is -0.299. The highest BCUT2D eigenvalue weighted by Gasteiger charge is 2.52. The quantitative estimate of drug-likeness (QED) is 0.538. The predicted octanol–water partition coefficient (Wildman–Crippen LogP) is 0.212. The Kier molecular flexibility index (Phi) is 1.19. The van der Waals surface area contributed by atoms with E-state index in [2.05, 4.69) is 5.16 Å². The van der Waals surface area contributed by atoms with Gasteiger partial charge in [-0.2, -0.15) is 0 Å². The fraction of sp³-hybridized carbons (Fsp3) is 0.750. The number of oxime groups is 1. The van der Waals surface area contributed by atoms with Crippen molar-refractivity contribution < 1.29 is 14.4 Å². The second kappa shape index (κ2) is 2.16. The number of hydrogen-bond donors (Lipinski definition) is 0. The molecule has 3 atom stereocenters. The summed E-state index contributed by atoms with van der Waals surface area (Å²) in [5.41, 5.74) is 0.985. The fourth-order valence-corrected chi connectivity index (χ4v) is 2.29. The van der Waals surface area contributed by atoms with Crippen LogP contribution in [0.25, 0.3) is 0 Å². The van der Waals surface area contributed by atoms with Gasteiger partial charge in [-0.1, -0.05) is 5.16 Å². The average Bonchev–Trinajstić information content (AvgIpc) is 2.63. The van der Waals surface area contributed by atoms with E-state index in [9.17, 15) is 4.79 Å². The Bertz CT molecular complexity index is 302. The molecular weight excluding hydrogens is 172 g/mol. The predicted molar refractivity (Wildman–Crippen MR) is 43.3 cm³/mol. The van der Waals surface area contributed by atoms with Crippen molar-refractivity contribution in [3.63, 3.8) is 0 Å². The third kappa shape index (κ3) is 0.765. The number of hydrogen-bond acceptors (Lipinski definition) is 4. The first kappa shape index (κ1) is 7.17. The molecule has 2 saturated heterocycles. The molecule has 2 fully saturated rings. The summed E-state index contributed by atoms with van der Waals surface area (Å²) < 4.78 is 5.09. The SMILES string of the molecule is C[C@H]1OC(=O)N2C[C@@H]3CON=C3[C@H]12. The van der Waals surface area contributed by atoms with Crippen LogP contribution in [0.3, 0.4) is 0 Å². The van der Waals surface area contributed by atoms with Crippen molar-refractivity contribution in [1.82, 2.24) is 4.90 Å². The Hall–Kier alpha value is -1.26. The van der Waals surface area contributed by atoms with E-state index in [-0.39, 0.29) is 18.2 Å². The molecule has 13 heavy (non-hydrogen) atoms. The van der Waals surface area contributed by atoms with E-state index in [0.29, 0.717) is 19.1 Å². The van der Waals surface area contributed by atoms with Crippen LogP contribution in [0.1, 0.15) is 6.92 Å². The molecule has 0 bridgehead atoms. The highest BCUT2D eigenvalue weighted by Crippen LogP contribution is 2.33. The van der Waals surface area contributed by atoms with Crippen LogP contribution in [0.2, 0.25) is 0 Å². The maximum absolute atomic E-state index is 11.3. The van der Waals surface area contributed by atoms with Crippen LogP contribution >= 0.6 is 0 Å². The maximum atomic E-state index is 11.3. The summed E-state index contributed by atoms with van der Waals surface area (Å²) in [6, 6.07) is 0.0278. The molecule has 0 unspecified atom stereocenters. The number of rotatable bonds is 0. The number of carbonyl (C=O) groups is 1. The Balaban J connectivity index is 1.99. The van der Waals surface area contributed by atoms with E-state index in [1.54, 1.807) is 4.90 Å². The zero-order valence-corrected chi connectivity index (χ0v) is 7.27. The van der Waals surface area contributed by atoms with E-state index in [1.807, 2.05) is 6.92 Å². The number of carbonyl (C=O) groups excluding carboxylic acids is 1. The molecule has 0 radical (unpaired) electrons. The van der Waals surface area contributed by atoms with Crippen LogP contribution in [0.5, 0.6) is 0 Å². The summed E-state index contributed by atoms with van der Waals surface area (Å²) >= 11 is 0. The summed E-state index contributed by atoms with van der Waals surface area (Å²) in [5, 5.41) is 3.97. The van der Waals surface area contributed by atoms with E-state index < -0.39 is 0 Å². The molecule has 3 aliphatic heterocycles. The van der Waals surface area contributed by atoms with Crippen molar-refractivity contribution in [2.75, 3.05) is 13.2 Å². The molecule has 3 aliphatic rings. The van der Waals surface area contributed by atoms with E-state index >= 15 is 0 Å². The zero-order chi connectivity index (χ0) is 9.00. The Labute approximate surface area is 75.3 Å². The summed E-state index contributed by atoms with van der Waals surface area (Å²) in [4.78, 5) is 18.0. The molecule has 0 aromatic carbocycles.